The average molecular weight is 371 g/mol. The van der Waals surface area contributed by atoms with E-state index >= 15 is 0 Å². The summed E-state index contributed by atoms with van der Waals surface area (Å²) in [7, 11) is 0. The average Bonchev–Trinajstić information content (AvgIpc) is 3.03. The fraction of sp³-hybridized carbons (Fsp3) is 0.571. The number of aryl methyl sites for hydroxylation is 1. The van der Waals surface area contributed by atoms with Crippen molar-refractivity contribution < 1.29 is 14.4 Å². The third-order valence-corrected chi connectivity index (χ3v) is 5.43. The molecule has 3 rings (SSSR count). The topological polar surface area (TPSA) is 69.7 Å². The van der Waals surface area contributed by atoms with Gasteiger partial charge in [-0.15, -0.1) is 0 Å². The molecule has 0 spiro atoms. The quantitative estimate of drug-likeness (QED) is 0.881. The minimum absolute atomic E-state index is 0.00315. The van der Waals surface area contributed by atoms with Gasteiger partial charge in [-0.1, -0.05) is 17.7 Å². The molecule has 2 aliphatic heterocycles. The highest BCUT2D eigenvalue weighted by Gasteiger charge is 2.38. The van der Waals surface area contributed by atoms with E-state index in [1.165, 1.54) is 0 Å². The van der Waals surface area contributed by atoms with E-state index < -0.39 is 0 Å². The summed E-state index contributed by atoms with van der Waals surface area (Å²) in [6.45, 7) is 7.52. The second-order valence-corrected chi connectivity index (χ2v) is 8.00. The summed E-state index contributed by atoms with van der Waals surface area (Å²) in [5, 5.41) is 2.95. The van der Waals surface area contributed by atoms with Gasteiger partial charge in [-0.2, -0.15) is 0 Å². The van der Waals surface area contributed by atoms with E-state index in [0.717, 1.165) is 11.3 Å². The monoisotopic (exact) mass is 371 g/mol. The Labute approximate surface area is 160 Å². The maximum atomic E-state index is 12.9. The zero-order chi connectivity index (χ0) is 19.6. The molecule has 146 valence electrons. The van der Waals surface area contributed by atoms with Crippen LogP contribution in [0.4, 0.5) is 5.69 Å². The van der Waals surface area contributed by atoms with Crippen LogP contribution in [0.5, 0.6) is 0 Å². The Balaban J connectivity index is 1.55. The summed E-state index contributed by atoms with van der Waals surface area (Å²) in [5.74, 6) is -0.187. The lowest BCUT2D eigenvalue weighted by atomic mass is 9.94. The molecule has 2 fully saturated rings. The third-order valence-electron chi connectivity index (χ3n) is 5.43. The first-order valence-electron chi connectivity index (χ1n) is 9.81. The molecule has 2 heterocycles. The molecule has 3 amide bonds. The number of amides is 3. The highest BCUT2D eigenvalue weighted by molar-refractivity contribution is 6.00. The van der Waals surface area contributed by atoms with E-state index in [2.05, 4.69) is 5.32 Å². The van der Waals surface area contributed by atoms with Crippen LogP contribution in [0.25, 0.3) is 0 Å². The molecule has 0 aliphatic carbocycles. The van der Waals surface area contributed by atoms with Gasteiger partial charge in [0.2, 0.25) is 17.7 Å². The van der Waals surface area contributed by atoms with Gasteiger partial charge in [0.05, 0.1) is 5.92 Å². The molecular formula is C21H29N3O3. The van der Waals surface area contributed by atoms with Gasteiger partial charge in [-0.3, -0.25) is 14.4 Å². The highest BCUT2D eigenvalue weighted by atomic mass is 16.2. The lowest BCUT2D eigenvalue weighted by Crippen LogP contribution is -2.46. The van der Waals surface area contributed by atoms with Crippen LogP contribution in [0.3, 0.4) is 0 Å². The van der Waals surface area contributed by atoms with Crippen LogP contribution in [0.15, 0.2) is 24.3 Å². The van der Waals surface area contributed by atoms with Crippen LogP contribution in [0.2, 0.25) is 0 Å². The molecule has 1 aromatic carbocycles. The Kier molecular flexibility index (Phi) is 5.82. The summed E-state index contributed by atoms with van der Waals surface area (Å²) in [5.41, 5.74) is 1.99. The molecule has 27 heavy (non-hydrogen) atoms. The molecule has 6 nitrogen and oxygen atoms in total. The van der Waals surface area contributed by atoms with Crippen molar-refractivity contribution in [1.29, 1.82) is 0 Å². The van der Waals surface area contributed by atoms with Crippen molar-refractivity contribution >= 4 is 23.4 Å². The zero-order valence-corrected chi connectivity index (χ0v) is 16.4. The maximum Gasteiger partial charge on any atom is 0.228 e. The number of carbonyl (C=O) groups excluding carboxylic acids is 3. The predicted molar refractivity (Wildman–Crippen MR) is 104 cm³/mol. The van der Waals surface area contributed by atoms with Gasteiger partial charge in [0.1, 0.15) is 0 Å². The van der Waals surface area contributed by atoms with Crippen LogP contribution in [0.1, 0.15) is 38.7 Å². The molecule has 1 aromatic rings. The van der Waals surface area contributed by atoms with Gasteiger partial charge in [0.25, 0.3) is 0 Å². The SMILES string of the molecule is Cc1ccc(N2CC(C(=O)N3CCC(C(=O)NC(C)C)CC3)CC2=O)cc1. The predicted octanol–water partition coefficient (Wildman–Crippen LogP) is 2.11. The summed E-state index contributed by atoms with van der Waals surface area (Å²) >= 11 is 0. The van der Waals surface area contributed by atoms with Gasteiger partial charge in [0.15, 0.2) is 0 Å². The number of benzene rings is 1. The van der Waals surface area contributed by atoms with E-state index in [9.17, 15) is 14.4 Å². The van der Waals surface area contributed by atoms with Crippen molar-refractivity contribution in [2.75, 3.05) is 24.5 Å². The second kappa shape index (κ2) is 8.11. The maximum absolute atomic E-state index is 12.9. The van der Waals surface area contributed by atoms with Crippen LogP contribution in [-0.2, 0) is 14.4 Å². The minimum atomic E-state index is -0.292. The Hall–Kier alpha value is -2.37. The molecule has 0 radical (unpaired) electrons. The Bertz CT molecular complexity index is 706. The number of nitrogens with zero attached hydrogens (tertiary/aromatic N) is 2. The first-order valence-corrected chi connectivity index (χ1v) is 9.81. The molecule has 0 aromatic heterocycles. The third kappa shape index (κ3) is 4.49. The Morgan fingerprint density at radius 2 is 1.70 bits per heavy atom. The van der Waals surface area contributed by atoms with Crippen molar-refractivity contribution in [2.24, 2.45) is 11.8 Å². The zero-order valence-electron chi connectivity index (χ0n) is 16.4. The number of nitrogens with one attached hydrogen (secondary N) is 1. The fourth-order valence-electron chi connectivity index (χ4n) is 3.87. The van der Waals surface area contributed by atoms with Crippen LogP contribution in [-0.4, -0.2) is 48.3 Å². The van der Waals surface area contributed by atoms with Crippen LogP contribution < -0.4 is 10.2 Å². The van der Waals surface area contributed by atoms with Gasteiger partial charge in [0, 0.05) is 43.7 Å². The standard InChI is InChI=1S/C21H29N3O3/c1-14(2)22-20(26)16-8-10-23(11-9-16)21(27)17-12-19(25)24(13-17)18-6-4-15(3)5-7-18/h4-7,14,16-17H,8-13H2,1-3H3,(H,22,26). The van der Waals surface area contributed by atoms with E-state index in [1.54, 1.807) is 4.90 Å². The van der Waals surface area contributed by atoms with Crippen molar-refractivity contribution in [3.8, 4) is 0 Å². The van der Waals surface area contributed by atoms with Crippen molar-refractivity contribution in [2.45, 2.75) is 46.1 Å². The van der Waals surface area contributed by atoms with Crippen LogP contribution >= 0.6 is 0 Å². The van der Waals surface area contributed by atoms with Gasteiger partial charge < -0.3 is 15.1 Å². The lowest BCUT2D eigenvalue weighted by molar-refractivity contribution is -0.139. The number of carbonyl (C=O) groups is 3. The van der Waals surface area contributed by atoms with E-state index in [0.29, 0.717) is 32.5 Å². The Morgan fingerprint density at radius 1 is 1.07 bits per heavy atom. The number of anilines is 1. The van der Waals surface area contributed by atoms with Crippen molar-refractivity contribution in [1.82, 2.24) is 10.2 Å². The Morgan fingerprint density at radius 3 is 2.30 bits per heavy atom. The molecule has 2 aliphatic rings. The molecule has 6 heteroatoms. The summed E-state index contributed by atoms with van der Waals surface area (Å²) in [6.07, 6.45) is 1.64. The first kappa shape index (κ1) is 19.4. The lowest BCUT2D eigenvalue weighted by Gasteiger charge is -2.33. The summed E-state index contributed by atoms with van der Waals surface area (Å²) < 4.78 is 0. The smallest absolute Gasteiger partial charge is 0.228 e. The van der Waals surface area contributed by atoms with E-state index in [1.807, 2.05) is 49.9 Å². The van der Waals surface area contributed by atoms with Gasteiger partial charge >= 0.3 is 0 Å². The van der Waals surface area contributed by atoms with E-state index in [4.69, 9.17) is 0 Å². The molecule has 0 saturated carbocycles. The van der Waals surface area contributed by atoms with Crippen molar-refractivity contribution in [3.05, 3.63) is 29.8 Å². The second-order valence-electron chi connectivity index (χ2n) is 8.00. The fourth-order valence-corrected chi connectivity index (χ4v) is 3.87. The van der Waals surface area contributed by atoms with Gasteiger partial charge in [-0.25, -0.2) is 0 Å². The van der Waals surface area contributed by atoms with Crippen molar-refractivity contribution in [3.63, 3.8) is 0 Å². The highest BCUT2D eigenvalue weighted by Crippen LogP contribution is 2.28. The number of hydrogen-bond donors (Lipinski definition) is 1. The molecule has 1 N–H and O–H groups in total. The normalized spacial score (nSPS) is 21.0. The molecule has 0 bridgehead atoms. The molecular weight excluding hydrogens is 342 g/mol. The number of rotatable bonds is 4. The minimum Gasteiger partial charge on any atom is -0.354 e. The number of piperidine rings is 1. The summed E-state index contributed by atoms with van der Waals surface area (Å²) in [6, 6.07) is 7.95. The largest absolute Gasteiger partial charge is 0.354 e. The first-order chi connectivity index (χ1) is 12.8. The van der Waals surface area contributed by atoms with Crippen LogP contribution in [0, 0.1) is 18.8 Å². The van der Waals surface area contributed by atoms with Gasteiger partial charge in [-0.05, 0) is 45.7 Å². The summed E-state index contributed by atoms with van der Waals surface area (Å²) in [4.78, 5) is 41.0. The molecule has 2 saturated heterocycles. The molecule has 1 atom stereocenters. The molecule has 1 unspecified atom stereocenters. The number of hydrogen-bond acceptors (Lipinski definition) is 3. The van der Waals surface area contributed by atoms with E-state index in [-0.39, 0.29) is 42.0 Å². The number of likely N-dealkylation sites (tertiary alicyclic amines) is 1.